The predicted molar refractivity (Wildman–Crippen MR) is 149 cm³/mol. The SMILES string of the molecule is Cc1cccc(C(=O)N2CCN(c3ccc(NC(=O)CSc4nnnn4-c4ccc(Cl)cc4)cc3)CC2)c1. The lowest BCUT2D eigenvalue weighted by Crippen LogP contribution is -2.48. The first kappa shape index (κ1) is 25.7. The maximum absolute atomic E-state index is 12.8. The minimum Gasteiger partial charge on any atom is -0.368 e. The minimum absolute atomic E-state index is 0.0754. The Kier molecular flexibility index (Phi) is 7.90. The summed E-state index contributed by atoms with van der Waals surface area (Å²) in [7, 11) is 0. The number of carbonyl (C=O) groups excluding carboxylic acids is 2. The van der Waals surface area contributed by atoms with Gasteiger partial charge in [-0.05, 0) is 78.0 Å². The van der Waals surface area contributed by atoms with Crippen LogP contribution < -0.4 is 10.2 Å². The lowest BCUT2D eigenvalue weighted by atomic mass is 10.1. The van der Waals surface area contributed by atoms with Crippen LogP contribution in [0.15, 0.2) is 78.0 Å². The van der Waals surface area contributed by atoms with Crippen molar-refractivity contribution in [3.63, 3.8) is 0 Å². The third-order valence-corrected chi connectivity index (χ3v) is 7.36. The van der Waals surface area contributed by atoms with Crippen molar-refractivity contribution in [3.05, 3.63) is 88.9 Å². The Balaban J connectivity index is 1.11. The van der Waals surface area contributed by atoms with Crippen LogP contribution >= 0.6 is 23.4 Å². The quantitative estimate of drug-likeness (QED) is 0.344. The zero-order valence-corrected chi connectivity index (χ0v) is 22.3. The molecule has 4 aromatic rings. The Labute approximate surface area is 229 Å². The number of anilines is 2. The normalized spacial score (nSPS) is 13.4. The van der Waals surface area contributed by atoms with Gasteiger partial charge in [-0.15, -0.1) is 5.10 Å². The molecule has 0 aliphatic carbocycles. The van der Waals surface area contributed by atoms with Crippen LogP contribution in [0.4, 0.5) is 11.4 Å². The zero-order chi connectivity index (χ0) is 26.5. The lowest BCUT2D eigenvalue weighted by molar-refractivity contribution is -0.113. The van der Waals surface area contributed by atoms with E-state index in [1.807, 2.05) is 72.5 Å². The summed E-state index contributed by atoms with van der Waals surface area (Å²) in [5, 5.41) is 15.8. The standard InChI is InChI=1S/C27H26ClN7O2S/c1-19-3-2-4-20(17-19)26(37)34-15-13-33(14-16-34)23-11-7-22(8-12-23)29-25(36)18-38-27-30-31-32-35(27)24-9-5-21(28)6-10-24/h2-12,17H,13-16,18H2,1H3,(H,29,36). The van der Waals surface area contributed by atoms with Crippen LogP contribution in [-0.4, -0.2) is 68.9 Å². The van der Waals surface area contributed by atoms with Crippen LogP contribution in [0.2, 0.25) is 5.02 Å². The molecule has 1 aliphatic heterocycles. The summed E-state index contributed by atoms with van der Waals surface area (Å²) in [6, 6.07) is 22.6. The summed E-state index contributed by atoms with van der Waals surface area (Å²) in [4.78, 5) is 29.5. The summed E-state index contributed by atoms with van der Waals surface area (Å²) in [6.07, 6.45) is 0. The van der Waals surface area contributed by atoms with Gasteiger partial charge in [0.25, 0.3) is 5.91 Å². The molecule has 1 fully saturated rings. The largest absolute Gasteiger partial charge is 0.368 e. The molecule has 0 atom stereocenters. The second kappa shape index (κ2) is 11.7. The molecule has 2 amide bonds. The van der Waals surface area contributed by atoms with Crippen LogP contribution in [0.1, 0.15) is 15.9 Å². The molecule has 11 heteroatoms. The summed E-state index contributed by atoms with van der Waals surface area (Å²) in [5.74, 6) is 0.0790. The average Bonchev–Trinajstić information content (AvgIpc) is 3.41. The molecule has 9 nitrogen and oxygen atoms in total. The minimum atomic E-state index is -0.156. The number of tetrazole rings is 1. The first-order chi connectivity index (χ1) is 18.5. The Bertz CT molecular complexity index is 1420. The highest BCUT2D eigenvalue weighted by Crippen LogP contribution is 2.22. The molecule has 5 rings (SSSR count). The van der Waals surface area contributed by atoms with Crippen molar-refractivity contribution in [2.24, 2.45) is 0 Å². The van der Waals surface area contributed by atoms with E-state index < -0.39 is 0 Å². The van der Waals surface area contributed by atoms with Crippen LogP contribution in [-0.2, 0) is 4.79 Å². The molecule has 3 aromatic carbocycles. The maximum atomic E-state index is 12.8. The van der Waals surface area contributed by atoms with Gasteiger partial charge >= 0.3 is 0 Å². The van der Waals surface area contributed by atoms with Crippen molar-refractivity contribution in [3.8, 4) is 5.69 Å². The van der Waals surface area contributed by atoms with Crippen LogP contribution in [0, 0.1) is 6.92 Å². The van der Waals surface area contributed by atoms with Crippen molar-refractivity contribution in [2.45, 2.75) is 12.1 Å². The highest BCUT2D eigenvalue weighted by molar-refractivity contribution is 7.99. The molecule has 1 aromatic heterocycles. The summed E-state index contributed by atoms with van der Waals surface area (Å²) < 4.78 is 1.57. The van der Waals surface area contributed by atoms with Gasteiger partial charge < -0.3 is 15.1 Å². The van der Waals surface area contributed by atoms with E-state index in [-0.39, 0.29) is 17.6 Å². The van der Waals surface area contributed by atoms with Gasteiger partial charge in [0.15, 0.2) is 0 Å². The molecule has 1 saturated heterocycles. The number of piperazine rings is 1. The number of benzene rings is 3. The van der Waals surface area contributed by atoms with Gasteiger partial charge in [0, 0.05) is 48.1 Å². The Morgan fingerprint density at radius 3 is 2.37 bits per heavy atom. The molecule has 2 heterocycles. The number of hydrogen-bond donors (Lipinski definition) is 1. The fourth-order valence-electron chi connectivity index (χ4n) is 4.22. The first-order valence-electron chi connectivity index (χ1n) is 12.1. The number of halogens is 1. The number of nitrogens with zero attached hydrogens (tertiary/aromatic N) is 6. The second-order valence-electron chi connectivity index (χ2n) is 8.88. The lowest BCUT2D eigenvalue weighted by Gasteiger charge is -2.36. The third-order valence-electron chi connectivity index (χ3n) is 6.19. The zero-order valence-electron chi connectivity index (χ0n) is 20.7. The van der Waals surface area contributed by atoms with E-state index >= 15 is 0 Å². The number of hydrogen-bond acceptors (Lipinski definition) is 7. The topological polar surface area (TPSA) is 96.2 Å². The molecular weight excluding hydrogens is 522 g/mol. The van der Waals surface area contributed by atoms with Crippen molar-refractivity contribution in [1.29, 1.82) is 0 Å². The molecule has 0 radical (unpaired) electrons. The van der Waals surface area contributed by atoms with E-state index in [9.17, 15) is 9.59 Å². The Morgan fingerprint density at radius 1 is 0.947 bits per heavy atom. The van der Waals surface area contributed by atoms with Crippen molar-refractivity contribution < 1.29 is 9.59 Å². The molecule has 38 heavy (non-hydrogen) atoms. The molecule has 1 N–H and O–H groups in total. The fourth-order valence-corrected chi connectivity index (χ4v) is 5.04. The van der Waals surface area contributed by atoms with E-state index in [0.717, 1.165) is 35.6 Å². The number of rotatable bonds is 7. The predicted octanol–water partition coefficient (Wildman–Crippen LogP) is 4.32. The summed E-state index contributed by atoms with van der Waals surface area (Å²) >= 11 is 7.20. The van der Waals surface area contributed by atoms with Gasteiger partial charge in [0.2, 0.25) is 11.1 Å². The van der Waals surface area contributed by atoms with Gasteiger partial charge in [-0.1, -0.05) is 41.1 Å². The molecule has 194 valence electrons. The summed E-state index contributed by atoms with van der Waals surface area (Å²) in [6.45, 7) is 4.83. The monoisotopic (exact) mass is 547 g/mol. The number of amides is 2. The van der Waals surface area contributed by atoms with Gasteiger partial charge in [-0.2, -0.15) is 4.68 Å². The molecule has 0 bridgehead atoms. The van der Waals surface area contributed by atoms with Gasteiger partial charge in [-0.3, -0.25) is 9.59 Å². The smallest absolute Gasteiger partial charge is 0.253 e. The highest BCUT2D eigenvalue weighted by atomic mass is 35.5. The highest BCUT2D eigenvalue weighted by Gasteiger charge is 2.22. The maximum Gasteiger partial charge on any atom is 0.253 e. The molecule has 0 saturated carbocycles. The van der Waals surface area contributed by atoms with Crippen molar-refractivity contribution in [2.75, 3.05) is 42.1 Å². The molecule has 1 aliphatic rings. The second-order valence-corrected chi connectivity index (χ2v) is 10.3. The number of aromatic nitrogens is 4. The third kappa shape index (κ3) is 6.15. The molecular formula is C27H26ClN7O2S. The van der Waals surface area contributed by atoms with E-state index in [0.29, 0.717) is 29.0 Å². The van der Waals surface area contributed by atoms with Crippen LogP contribution in [0.25, 0.3) is 5.69 Å². The number of carbonyl (C=O) groups is 2. The summed E-state index contributed by atoms with van der Waals surface area (Å²) in [5.41, 5.74) is 4.35. The van der Waals surface area contributed by atoms with E-state index in [1.54, 1.807) is 16.8 Å². The van der Waals surface area contributed by atoms with Crippen molar-refractivity contribution in [1.82, 2.24) is 25.1 Å². The van der Waals surface area contributed by atoms with Crippen LogP contribution in [0.3, 0.4) is 0 Å². The van der Waals surface area contributed by atoms with E-state index in [2.05, 4.69) is 25.7 Å². The van der Waals surface area contributed by atoms with E-state index in [4.69, 9.17) is 11.6 Å². The van der Waals surface area contributed by atoms with Gasteiger partial charge in [-0.25, -0.2) is 0 Å². The van der Waals surface area contributed by atoms with Gasteiger partial charge in [0.05, 0.1) is 11.4 Å². The fraction of sp³-hybridized carbons (Fsp3) is 0.222. The van der Waals surface area contributed by atoms with Crippen molar-refractivity contribution >= 4 is 46.6 Å². The van der Waals surface area contributed by atoms with E-state index in [1.165, 1.54) is 11.8 Å². The number of thioether (sulfide) groups is 1. The number of aryl methyl sites for hydroxylation is 1. The molecule has 0 unspecified atom stereocenters. The number of nitrogens with one attached hydrogen (secondary N) is 1. The Morgan fingerprint density at radius 2 is 1.66 bits per heavy atom. The first-order valence-corrected chi connectivity index (χ1v) is 13.5. The van der Waals surface area contributed by atoms with Gasteiger partial charge in [0.1, 0.15) is 0 Å². The average molecular weight is 548 g/mol. The van der Waals surface area contributed by atoms with Crippen LogP contribution in [0.5, 0.6) is 0 Å². The molecule has 0 spiro atoms. The Hall–Kier alpha value is -3.89.